The smallest absolute Gasteiger partial charge is 0.252 e. The summed E-state index contributed by atoms with van der Waals surface area (Å²) < 4.78 is 4.97. The van der Waals surface area contributed by atoms with E-state index in [0.717, 1.165) is 25.9 Å². The van der Waals surface area contributed by atoms with Crippen LogP contribution in [0.3, 0.4) is 0 Å². The maximum atomic E-state index is 11.4. The van der Waals surface area contributed by atoms with E-state index in [1.54, 1.807) is 7.11 Å². The zero-order valence-electron chi connectivity index (χ0n) is 9.95. The summed E-state index contributed by atoms with van der Waals surface area (Å²) >= 11 is 0. The zero-order valence-corrected chi connectivity index (χ0v) is 9.95. The fourth-order valence-corrected chi connectivity index (χ4v) is 1.97. The Morgan fingerprint density at radius 1 is 1.65 bits per heavy atom. The predicted octanol–water partition coefficient (Wildman–Crippen LogP) is 0.0802. The summed E-state index contributed by atoms with van der Waals surface area (Å²) in [5, 5.41) is 6.54. The van der Waals surface area contributed by atoms with Crippen molar-refractivity contribution in [3.63, 3.8) is 0 Å². The van der Waals surface area contributed by atoms with Crippen LogP contribution >= 0.6 is 0 Å². The van der Waals surface area contributed by atoms with Gasteiger partial charge in [0.15, 0.2) is 0 Å². The van der Waals surface area contributed by atoms with Gasteiger partial charge < -0.3 is 15.4 Å². The molecule has 0 bridgehead atoms. The van der Waals surface area contributed by atoms with Crippen LogP contribution in [0.2, 0.25) is 0 Å². The molecule has 1 aromatic heterocycles. The van der Waals surface area contributed by atoms with Crippen molar-refractivity contribution in [3.05, 3.63) is 22.1 Å². The Labute approximate surface area is 99.8 Å². The number of nitrogens with one attached hydrogen (secondary N) is 3. The van der Waals surface area contributed by atoms with Crippen molar-refractivity contribution in [1.82, 2.24) is 15.3 Å². The van der Waals surface area contributed by atoms with Gasteiger partial charge in [-0.3, -0.25) is 9.78 Å². The highest BCUT2D eigenvalue weighted by Gasteiger charge is 2.13. The molecule has 0 aromatic carbocycles. The number of aromatic nitrogens is 2. The van der Waals surface area contributed by atoms with Crippen molar-refractivity contribution in [2.24, 2.45) is 0 Å². The number of anilines is 1. The minimum absolute atomic E-state index is 0.154. The normalized spacial score (nSPS) is 20.2. The van der Waals surface area contributed by atoms with Crippen molar-refractivity contribution in [2.75, 3.05) is 25.5 Å². The lowest BCUT2D eigenvalue weighted by Gasteiger charge is -2.24. The van der Waals surface area contributed by atoms with Crippen molar-refractivity contribution in [3.8, 4) is 0 Å². The lowest BCUT2D eigenvalue weighted by Crippen LogP contribution is -2.39. The summed E-state index contributed by atoms with van der Waals surface area (Å²) in [7, 11) is 1.58. The van der Waals surface area contributed by atoms with Gasteiger partial charge in [-0.15, -0.1) is 0 Å². The molecule has 94 valence electrons. The van der Waals surface area contributed by atoms with E-state index in [2.05, 4.69) is 20.6 Å². The monoisotopic (exact) mass is 238 g/mol. The van der Waals surface area contributed by atoms with Crippen LogP contribution in [0.1, 0.15) is 18.5 Å². The summed E-state index contributed by atoms with van der Waals surface area (Å²) in [4.78, 5) is 18.4. The molecule has 0 radical (unpaired) electrons. The highest BCUT2D eigenvalue weighted by molar-refractivity contribution is 5.27. The fraction of sp³-hybridized carbons (Fsp3) is 0.636. The maximum Gasteiger partial charge on any atom is 0.252 e. The van der Waals surface area contributed by atoms with E-state index in [1.807, 2.05) is 0 Å². The van der Waals surface area contributed by atoms with Crippen molar-refractivity contribution >= 4 is 5.95 Å². The third kappa shape index (κ3) is 3.54. The number of hydrogen-bond acceptors (Lipinski definition) is 5. The van der Waals surface area contributed by atoms with Gasteiger partial charge in [-0.2, -0.15) is 0 Å². The van der Waals surface area contributed by atoms with E-state index in [9.17, 15) is 4.79 Å². The molecule has 0 saturated carbocycles. The molecule has 1 aromatic rings. The average Bonchev–Trinajstić information content (AvgIpc) is 2.30. The van der Waals surface area contributed by atoms with Crippen LogP contribution in [-0.4, -0.2) is 36.2 Å². The molecule has 3 N–H and O–H groups in total. The van der Waals surface area contributed by atoms with Crippen LogP contribution in [0.15, 0.2) is 10.9 Å². The molecule has 1 saturated heterocycles. The Kier molecular flexibility index (Phi) is 4.11. The van der Waals surface area contributed by atoms with Crippen LogP contribution in [0.4, 0.5) is 5.95 Å². The molecule has 1 atom stereocenters. The molecule has 0 spiro atoms. The largest absolute Gasteiger partial charge is 0.378 e. The Hall–Kier alpha value is -1.40. The molecule has 2 rings (SSSR count). The summed E-state index contributed by atoms with van der Waals surface area (Å²) in [5.41, 5.74) is 0.487. The van der Waals surface area contributed by atoms with E-state index >= 15 is 0 Å². The van der Waals surface area contributed by atoms with Crippen LogP contribution in [0.25, 0.3) is 0 Å². The van der Waals surface area contributed by atoms with E-state index in [1.165, 1.54) is 6.07 Å². The van der Waals surface area contributed by atoms with E-state index in [0.29, 0.717) is 24.3 Å². The van der Waals surface area contributed by atoms with E-state index < -0.39 is 0 Å². The van der Waals surface area contributed by atoms with Gasteiger partial charge in [-0.05, 0) is 19.4 Å². The number of rotatable bonds is 4. The Morgan fingerprint density at radius 3 is 3.24 bits per heavy atom. The fourth-order valence-electron chi connectivity index (χ4n) is 1.97. The molecule has 1 fully saturated rings. The third-order valence-electron chi connectivity index (χ3n) is 2.72. The summed E-state index contributed by atoms with van der Waals surface area (Å²) in [6.07, 6.45) is 2.23. The van der Waals surface area contributed by atoms with Crippen molar-refractivity contribution < 1.29 is 4.74 Å². The molecule has 1 aliphatic rings. The Bertz CT molecular complexity index is 412. The van der Waals surface area contributed by atoms with E-state index in [-0.39, 0.29) is 5.56 Å². The average molecular weight is 238 g/mol. The molecule has 2 heterocycles. The highest BCUT2D eigenvalue weighted by atomic mass is 16.5. The SMILES string of the molecule is COCc1cc(=O)[nH]c(NC2CCCNC2)n1. The second kappa shape index (κ2) is 5.79. The minimum Gasteiger partial charge on any atom is -0.378 e. The predicted molar refractivity (Wildman–Crippen MR) is 65.1 cm³/mol. The molecule has 1 unspecified atom stereocenters. The number of H-pyrrole nitrogens is 1. The van der Waals surface area contributed by atoms with Gasteiger partial charge in [0.2, 0.25) is 5.95 Å². The van der Waals surface area contributed by atoms with Gasteiger partial charge in [0, 0.05) is 25.8 Å². The minimum atomic E-state index is -0.154. The lowest BCUT2D eigenvalue weighted by atomic mass is 10.1. The Morgan fingerprint density at radius 2 is 2.53 bits per heavy atom. The number of aromatic amines is 1. The number of piperidine rings is 1. The third-order valence-corrected chi connectivity index (χ3v) is 2.72. The second-order valence-corrected chi connectivity index (χ2v) is 4.21. The van der Waals surface area contributed by atoms with Crippen LogP contribution in [-0.2, 0) is 11.3 Å². The highest BCUT2D eigenvalue weighted by Crippen LogP contribution is 2.07. The number of hydrogen-bond donors (Lipinski definition) is 3. The standard InChI is InChI=1S/C11H18N4O2/c1-17-7-9-5-10(16)15-11(14-9)13-8-3-2-4-12-6-8/h5,8,12H,2-4,6-7H2,1H3,(H2,13,14,15,16). The van der Waals surface area contributed by atoms with Crippen molar-refractivity contribution in [2.45, 2.75) is 25.5 Å². The summed E-state index contributed by atoms with van der Waals surface area (Å²) in [6, 6.07) is 1.78. The first kappa shape index (κ1) is 12.1. The molecule has 6 nitrogen and oxygen atoms in total. The van der Waals surface area contributed by atoms with Crippen LogP contribution in [0.5, 0.6) is 0 Å². The number of ether oxygens (including phenoxy) is 1. The molecule has 0 amide bonds. The maximum absolute atomic E-state index is 11.4. The topological polar surface area (TPSA) is 79.0 Å². The lowest BCUT2D eigenvalue weighted by molar-refractivity contribution is 0.181. The first-order valence-corrected chi connectivity index (χ1v) is 5.84. The molecule has 1 aliphatic heterocycles. The molecular formula is C11H18N4O2. The van der Waals surface area contributed by atoms with Crippen LogP contribution < -0.4 is 16.2 Å². The van der Waals surface area contributed by atoms with Gasteiger partial charge in [0.05, 0.1) is 12.3 Å². The quantitative estimate of drug-likeness (QED) is 0.692. The zero-order chi connectivity index (χ0) is 12.1. The first-order valence-electron chi connectivity index (χ1n) is 5.84. The Balaban J connectivity index is 2.06. The molecule has 6 heteroatoms. The first-order chi connectivity index (χ1) is 8.28. The number of nitrogens with zero attached hydrogens (tertiary/aromatic N) is 1. The van der Waals surface area contributed by atoms with Gasteiger partial charge >= 0.3 is 0 Å². The van der Waals surface area contributed by atoms with Gasteiger partial charge in [-0.25, -0.2) is 4.98 Å². The molecule has 17 heavy (non-hydrogen) atoms. The number of methoxy groups -OCH3 is 1. The van der Waals surface area contributed by atoms with Crippen molar-refractivity contribution in [1.29, 1.82) is 0 Å². The second-order valence-electron chi connectivity index (χ2n) is 4.21. The van der Waals surface area contributed by atoms with E-state index in [4.69, 9.17) is 4.74 Å². The summed E-state index contributed by atoms with van der Waals surface area (Å²) in [6.45, 7) is 2.31. The van der Waals surface area contributed by atoms with Gasteiger partial charge in [0.1, 0.15) is 0 Å². The van der Waals surface area contributed by atoms with Gasteiger partial charge in [0.25, 0.3) is 5.56 Å². The molecular weight excluding hydrogens is 220 g/mol. The summed E-state index contributed by atoms with van der Waals surface area (Å²) in [5.74, 6) is 0.526. The molecule has 0 aliphatic carbocycles. The van der Waals surface area contributed by atoms with Gasteiger partial charge in [-0.1, -0.05) is 0 Å². The van der Waals surface area contributed by atoms with Crippen LogP contribution in [0, 0.1) is 0 Å².